The number of hydrogen-bond donors (Lipinski definition) is 1. The van der Waals surface area contributed by atoms with Crippen LogP contribution in [0, 0.1) is 5.41 Å². The van der Waals surface area contributed by atoms with Crippen molar-refractivity contribution >= 4 is 33.4 Å². The molecule has 5 nitrogen and oxygen atoms in total. The van der Waals surface area contributed by atoms with Gasteiger partial charge in [0.05, 0.1) is 13.2 Å². The largest absolute Gasteiger partial charge is 0.378 e. The van der Waals surface area contributed by atoms with Crippen molar-refractivity contribution in [3.05, 3.63) is 28.7 Å². The lowest BCUT2D eigenvalue weighted by Crippen LogP contribution is -2.51. The van der Waals surface area contributed by atoms with E-state index in [1.165, 1.54) is 0 Å². The highest BCUT2D eigenvalue weighted by Crippen LogP contribution is 2.23. The Bertz CT molecular complexity index is 539. The third-order valence-corrected chi connectivity index (χ3v) is 3.98. The Hall–Kier alpha value is -1.40. The molecular weight excluding hydrogens is 336 g/mol. The molecule has 0 unspecified atom stereocenters. The van der Waals surface area contributed by atoms with Gasteiger partial charge in [-0.15, -0.1) is 0 Å². The first-order valence-corrected chi connectivity index (χ1v) is 7.65. The molecule has 1 N–H and O–H groups in total. The molecule has 1 heterocycles. The van der Waals surface area contributed by atoms with E-state index >= 15 is 0 Å². The van der Waals surface area contributed by atoms with Crippen LogP contribution in [0.15, 0.2) is 28.7 Å². The molecule has 1 aromatic rings. The molecule has 0 atom stereocenters. The fraction of sp³-hybridized carbons (Fsp3) is 0.467. The van der Waals surface area contributed by atoms with Gasteiger partial charge < -0.3 is 15.0 Å². The van der Waals surface area contributed by atoms with E-state index < -0.39 is 5.41 Å². The van der Waals surface area contributed by atoms with Crippen LogP contribution in [0.5, 0.6) is 0 Å². The topological polar surface area (TPSA) is 58.6 Å². The monoisotopic (exact) mass is 354 g/mol. The van der Waals surface area contributed by atoms with Crippen LogP contribution in [0.1, 0.15) is 13.8 Å². The van der Waals surface area contributed by atoms with Crippen LogP contribution in [0.3, 0.4) is 0 Å². The number of halogens is 1. The van der Waals surface area contributed by atoms with Crippen LogP contribution >= 0.6 is 15.9 Å². The fourth-order valence-electron chi connectivity index (χ4n) is 2.11. The van der Waals surface area contributed by atoms with Gasteiger partial charge in [-0.1, -0.05) is 22.0 Å². The Kier molecular flexibility index (Phi) is 5.00. The Balaban J connectivity index is 2.06. The predicted molar refractivity (Wildman–Crippen MR) is 84.0 cm³/mol. The molecule has 1 aromatic carbocycles. The number of benzene rings is 1. The fourth-order valence-corrected chi connectivity index (χ4v) is 2.51. The summed E-state index contributed by atoms with van der Waals surface area (Å²) in [6.45, 7) is 5.42. The average Bonchev–Trinajstić information content (AvgIpc) is 2.47. The number of anilines is 1. The Labute approximate surface area is 132 Å². The summed E-state index contributed by atoms with van der Waals surface area (Å²) in [5.74, 6) is -0.476. The Morgan fingerprint density at radius 1 is 1.29 bits per heavy atom. The maximum Gasteiger partial charge on any atom is 0.239 e. The lowest BCUT2D eigenvalue weighted by atomic mass is 9.90. The molecule has 114 valence electrons. The minimum Gasteiger partial charge on any atom is -0.378 e. The van der Waals surface area contributed by atoms with Gasteiger partial charge in [0.15, 0.2) is 0 Å². The van der Waals surface area contributed by atoms with Gasteiger partial charge in [0.1, 0.15) is 5.41 Å². The van der Waals surface area contributed by atoms with E-state index in [-0.39, 0.29) is 11.8 Å². The normalized spacial score (nSPS) is 15.7. The summed E-state index contributed by atoms with van der Waals surface area (Å²) in [5.41, 5.74) is -0.447. The van der Waals surface area contributed by atoms with Gasteiger partial charge in [0.25, 0.3) is 0 Å². The van der Waals surface area contributed by atoms with E-state index in [9.17, 15) is 9.59 Å². The summed E-state index contributed by atoms with van der Waals surface area (Å²) < 4.78 is 6.10. The highest BCUT2D eigenvalue weighted by molar-refractivity contribution is 9.10. The van der Waals surface area contributed by atoms with Crippen molar-refractivity contribution in [2.45, 2.75) is 13.8 Å². The smallest absolute Gasteiger partial charge is 0.239 e. The minimum atomic E-state index is -1.11. The average molecular weight is 355 g/mol. The van der Waals surface area contributed by atoms with E-state index in [4.69, 9.17) is 4.74 Å². The lowest BCUT2D eigenvalue weighted by molar-refractivity contribution is -0.149. The van der Waals surface area contributed by atoms with Crippen molar-refractivity contribution in [1.82, 2.24) is 4.90 Å². The molecule has 0 bridgehead atoms. The second-order valence-electron chi connectivity index (χ2n) is 5.49. The van der Waals surface area contributed by atoms with Crippen molar-refractivity contribution in [3.8, 4) is 0 Å². The van der Waals surface area contributed by atoms with Crippen LogP contribution < -0.4 is 5.32 Å². The van der Waals surface area contributed by atoms with Crippen molar-refractivity contribution in [1.29, 1.82) is 0 Å². The van der Waals surface area contributed by atoms with Crippen molar-refractivity contribution in [2.75, 3.05) is 31.6 Å². The van der Waals surface area contributed by atoms with Crippen molar-refractivity contribution in [3.63, 3.8) is 0 Å². The van der Waals surface area contributed by atoms with Crippen LogP contribution in [-0.4, -0.2) is 43.0 Å². The summed E-state index contributed by atoms with van der Waals surface area (Å²) in [7, 11) is 0. The van der Waals surface area contributed by atoms with E-state index in [1.807, 2.05) is 12.1 Å². The van der Waals surface area contributed by atoms with Crippen LogP contribution in [-0.2, 0) is 14.3 Å². The predicted octanol–water partition coefficient (Wildman–Crippen LogP) is 2.27. The zero-order chi connectivity index (χ0) is 15.5. The zero-order valence-corrected chi connectivity index (χ0v) is 13.8. The van der Waals surface area contributed by atoms with Gasteiger partial charge in [-0.2, -0.15) is 0 Å². The molecule has 0 saturated carbocycles. The maximum absolute atomic E-state index is 12.5. The number of hydrogen-bond acceptors (Lipinski definition) is 3. The van der Waals surface area contributed by atoms with Crippen molar-refractivity contribution in [2.24, 2.45) is 5.41 Å². The molecule has 6 heteroatoms. The number of carbonyl (C=O) groups excluding carboxylic acids is 2. The highest BCUT2D eigenvalue weighted by atomic mass is 79.9. The first kappa shape index (κ1) is 16.0. The summed E-state index contributed by atoms with van der Waals surface area (Å²) in [5, 5.41) is 2.80. The van der Waals surface area contributed by atoms with Crippen LogP contribution in [0.25, 0.3) is 0 Å². The number of carbonyl (C=O) groups is 2. The summed E-state index contributed by atoms with van der Waals surface area (Å²) in [4.78, 5) is 26.6. The number of nitrogens with zero attached hydrogens (tertiary/aromatic N) is 1. The molecular formula is C15H19BrN2O3. The van der Waals surface area contributed by atoms with E-state index in [1.54, 1.807) is 30.9 Å². The third kappa shape index (κ3) is 3.83. The second kappa shape index (κ2) is 6.58. The molecule has 0 spiro atoms. The molecule has 1 aliphatic rings. The summed E-state index contributed by atoms with van der Waals surface area (Å²) in [6, 6.07) is 7.29. The molecule has 0 aromatic heterocycles. The maximum atomic E-state index is 12.5. The summed E-state index contributed by atoms with van der Waals surface area (Å²) in [6.07, 6.45) is 0. The SMILES string of the molecule is CC(C)(C(=O)Nc1cccc(Br)c1)C(=O)N1CCOCC1. The molecule has 2 amide bonds. The quantitative estimate of drug-likeness (QED) is 0.847. The first-order chi connectivity index (χ1) is 9.91. The van der Waals surface area contributed by atoms with E-state index in [0.717, 1.165) is 4.47 Å². The number of nitrogens with one attached hydrogen (secondary N) is 1. The van der Waals surface area contributed by atoms with Crippen LogP contribution in [0.4, 0.5) is 5.69 Å². The van der Waals surface area contributed by atoms with Crippen LogP contribution in [0.2, 0.25) is 0 Å². The molecule has 0 aliphatic carbocycles. The molecule has 21 heavy (non-hydrogen) atoms. The first-order valence-electron chi connectivity index (χ1n) is 6.85. The molecule has 1 saturated heterocycles. The van der Waals surface area contributed by atoms with Gasteiger partial charge in [-0.25, -0.2) is 0 Å². The van der Waals surface area contributed by atoms with Gasteiger partial charge >= 0.3 is 0 Å². The van der Waals surface area contributed by atoms with Gasteiger partial charge in [-0.05, 0) is 32.0 Å². The van der Waals surface area contributed by atoms with Gasteiger partial charge in [0.2, 0.25) is 11.8 Å². The molecule has 2 rings (SSSR count). The zero-order valence-electron chi connectivity index (χ0n) is 12.2. The summed E-state index contributed by atoms with van der Waals surface area (Å²) >= 11 is 3.35. The standard InChI is InChI=1S/C15H19BrN2O3/c1-15(2,14(20)18-6-8-21-9-7-18)13(19)17-12-5-3-4-11(16)10-12/h3-5,10H,6-9H2,1-2H3,(H,17,19). The number of rotatable bonds is 3. The van der Waals surface area contributed by atoms with Gasteiger partial charge in [-0.3, -0.25) is 9.59 Å². The highest BCUT2D eigenvalue weighted by Gasteiger charge is 2.39. The van der Waals surface area contributed by atoms with E-state index in [2.05, 4.69) is 21.2 Å². The van der Waals surface area contributed by atoms with Crippen molar-refractivity contribution < 1.29 is 14.3 Å². The number of ether oxygens (including phenoxy) is 1. The number of amides is 2. The molecule has 1 aliphatic heterocycles. The van der Waals surface area contributed by atoms with Gasteiger partial charge in [0, 0.05) is 23.2 Å². The Morgan fingerprint density at radius 3 is 2.57 bits per heavy atom. The minimum absolute atomic E-state index is 0.168. The van der Waals surface area contributed by atoms with E-state index in [0.29, 0.717) is 32.0 Å². The number of morpholine rings is 1. The molecule has 0 radical (unpaired) electrons. The molecule has 1 fully saturated rings. The Morgan fingerprint density at radius 2 is 1.95 bits per heavy atom. The lowest BCUT2D eigenvalue weighted by Gasteiger charge is -2.33. The third-order valence-electron chi connectivity index (χ3n) is 3.48. The second-order valence-corrected chi connectivity index (χ2v) is 6.41.